The van der Waals surface area contributed by atoms with Crippen LogP contribution in [0.15, 0.2) is 36.5 Å². The highest BCUT2D eigenvalue weighted by Crippen LogP contribution is 2.31. The number of hydrogen-bond acceptors (Lipinski definition) is 3. The molecule has 0 unspecified atom stereocenters. The van der Waals surface area contributed by atoms with E-state index in [-0.39, 0.29) is 0 Å². The van der Waals surface area contributed by atoms with Crippen molar-refractivity contribution in [2.75, 3.05) is 14.2 Å². The summed E-state index contributed by atoms with van der Waals surface area (Å²) in [5.74, 6) is 1.45. The van der Waals surface area contributed by atoms with Crippen molar-refractivity contribution >= 4 is 0 Å². The quantitative estimate of drug-likeness (QED) is 0.825. The van der Waals surface area contributed by atoms with Crippen LogP contribution in [-0.4, -0.2) is 19.2 Å². The second kappa shape index (κ2) is 5.54. The van der Waals surface area contributed by atoms with Crippen molar-refractivity contribution in [3.63, 3.8) is 0 Å². The van der Waals surface area contributed by atoms with Gasteiger partial charge in [-0.3, -0.25) is 4.98 Å². The van der Waals surface area contributed by atoms with Crippen LogP contribution in [0.3, 0.4) is 0 Å². The van der Waals surface area contributed by atoms with Crippen LogP contribution in [-0.2, 0) is 6.42 Å². The fourth-order valence-electron chi connectivity index (χ4n) is 1.85. The number of methoxy groups -OCH3 is 2. The highest BCUT2D eigenvalue weighted by molar-refractivity contribution is 5.64. The molecule has 18 heavy (non-hydrogen) atoms. The van der Waals surface area contributed by atoms with Gasteiger partial charge in [-0.05, 0) is 42.3 Å². The SMILES string of the molecule is CCc1ccnc(-c2ccc(OC)c(OC)c2)c1. The molecule has 0 aliphatic rings. The van der Waals surface area contributed by atoms with Crippen LogP contribution in [0.25, 0.3) is 11.3 Å². The van der Waals surface area contributed by atoms with Gasteiger partial charge in [-0.15, -0.1) is 0 Å². The Balaban J connectivity index is 2.43. The fraction of sp³-hybridized carbons (Fsp3) is 0.267. The molecular formula is C15H17NO2. The summed E-state index contributed by atoms with van der Waals surface area (Å²) < 4.78 is 10.5. The maximum absolute atomic E-state index is 5.30. The third kappa shape index (κ3) is 2.45. The van der Waals surface area contributed by atoms with E-state index in [1.165, 1.54) is 5.56 Å². The van der Waals surface area contributed by atoms with Crippen LogP contribution in [0.2, 0.25) is 0 Å². The number of aryl methyl sites for hydroxylation is 1. The number of rotatable bonds is 4. The van der Waals surface area contributed by atoms with E-state index in [1.807, 2.05) is 30.5 Å². The first-order valence-corrected chi connectivity index (χ1v) is 5.95. The lowest BCUT2D eigenvalue weighted by Crippen LogP contribution is -1.92. The van der Waals surface area contributed by atoms with Crippen molar-refractivity contribution < 1.29 is 9.47 Å². The number of ether oxygens (including phenoxy) is 2. The summed E-state index contributed by atoms with van der Waals surface area (Å²) in [7, 11) is 3.27. The van der Waals surface area contributed by atoms with E-state index in [2.05, 4.69) is 18.0 Å². The van der Waals surface area contributed by atoms with Gasteiger partial charge in [0.25, 0.3) is 0 Å². The topological polar surface area (TPSA) is 31.4 Å². The molecule has 94 valence electrons. The van der Waals surface area contributed by atoms with Crippen LogP contribution < -0.4 is 9.47 Å². The van der Waals surface area contributed by atoms with E-state index in [0.29, 0.717) is 0 Å². The Labute approximate surface area is 107 Å². The third-order valence-electron chi connectivity index (χ3n) is 2.91. The number of benzene rings is 1. The lowest BCUT2D eigenvalue weighted by Gasteiger charge is -2.09. The smallest absolute Gasteiger partial charge is 0.161 e. The Morgan fingerprint density at radius 3 is 2.44 bits per heavy atom. The first-order chi connectivity index (χ1) is 8.78. The van der Waals surface area contributed by atoms with E-state index in [4.69, 9.17) is 9.47 Å². The monoisotopic (exact) mass is 243 g/mol. The molecule has 0 saturated heterocycles. The Hall–Kier alpha value is -2.03. The van der Waals surface area contributed by atoms with Gasteiger partial charge in [0.1, 0.15) is 0 Å². The van der Waals surface area contributed by atoms with Gasteiger partial charge in [-0.1, -0.05) is 6.92 Å². The average Bonchev–Trinajstić information content (AvgIpc) is 2.46. The predicted molar refractivity (Wildman–Crippen MR) is 72.2 cm³/mol. The lowest BCUT2D eigenvalue weighted by molar-refractivity contribution is 0.355. The fourth-order valence-corrected chi connectivity index (χ4v) is 1.85. The molecule has 0 amide bonds. The maximum atomic E-state index is 5.30. The maximum Gasteiger partial charge on any atom is 0.161 e. The number of nitrogens with zero attached hydrogens (tertiary/aromatic N) is 1. The van der Waals surface area contributed by atoms with E-state index < -0.39 is 0 Å². The van der Waals surface area contributed by atoms with Gasteiger partial charge >= 0.3 is 0 Å². The Bertz CT molecular complexity index is 538. The van der Waals surface area contributed by atoms with Gasteiger partial charge in [0.2, 0.25) is 0 Å². The summed E-state index contributed by atoms with van der Waals surface area (Å²) in [6.07, 6.45) is 2.84. The normalized spacial score (nSPS) is 10.2. The largest absolute Gasteiger partial charge is 0.493 e. The van der Waals surface area contributed by atoms with Crippen molar-refractivity contribution in [2.45, 2.75) is 13.3 Å². The van der Waals surface area contributed by atoms with Crippen LogP contribution in [0, 0.1) is 0 Å². The zero-order valence-electron chi connectivity index (χ0n) is 10.9. The number of hydrogen-bond donors (Lipinski definition) is 0. The zero-order chi connectivity index (χ0) is 13.0. The van der Waals surface area contributed by atoms with Gasteiger partial charge in [0.05, 0.1) is 19.9 Å². The van der Waals surface area contributed by atoms with Crippen LogP contribution in [0.5, 0.6) is 11.5 Å². The molecule has 0 atom stereocenters. The molecule has 1 aromatic heterocycles. The van der Waals surface area contributed by atoms with Crippen LogP contribution >= 0.6 is 0 Å². The minimum Gasteiger partial charge on any atom is -0.493 e. The second-order valence-corrected chi connectivity index (χ2v) is 3.97. The van der Waals surface area contributed by atoms with Crippen molar-refractivity contribution in [2.24, 2.45) is 0 Å². The van der Waals surface area contributed by atoms with Crippen LogP contribution in [0.4, 0.5) is 0 Å². The standard InChI is InChI=1S/C15H17NO2/c1-4-11-7-8-16-13(9-11)12-5-6-14(17-2)15(10-12)18-3/h5-10H,4H2,1-3H3. The highest BCUT2D eigenvalue weighted by atomic mass is 16.5. The van der Waals surface area contributed by atoms with E-state index in [9.17, 15) is 0 Å². The van der Waals surface area contributed by atoms with Gasteiger partial charge in [0, 0.05) is 11.8 Å². The molecule has 0 radical (unpaired) electrons. The number of aromatic nitrogens is 1. The molecule has 3 heteroatoms. The molecule has 0 aliphatic heterocycles. The predicted octanol–water partition coefficient (Wildman–Crippen LogP) is 3.33. The van der Waals surface area contributed by atoms with E-state index in [0.717, 1.165) is 29.2 Å². The van der Waals surface area contributed by atoms with Gasteiger partial charge in [0.15, 0.2) is 11.5 Å². The molecule has 0 N–H and O–H groups in total. The molecule has 3 nitrogen and oxygen atoms in total. The third-order valence-corrected chi connectivity index (χ3v) is 2.91. The van der Waals surface area contributed by atoms with Gasteiger partial charge in [-0.25, -0.2) is 0 Å². The summed E-state index contributed by atoms with van der Waals surface area (Å²) in [5, 5.41) is 0. The van der Waals surface area contributed by atoms with Crippen molar-refractivity contribution in [1.29, 1.82) is 0 Å². The first-order valence-electron chi connectivity index (χ1n) is 5.95. The lowest BCUT2D eigenvalue weighted by atomic mass is 10.1. The van der Waals surface area contributed by atoms with Crippen molar-refractivity contribution in [3.05, 3.63) is 42.1 Å². The summed E-state index contributed by atoms with van der Waals surface area (Å²) >= 11 is 0. The zero-order valence-corrected chi connectivity index (χ0v) is 10.9. The van der Waals surface area contributed by atoms with Crippen molar-refractivity contribution in [1.82, 2.24) is 4.98 Å². The molecule has 2 aromatic rings. The van der Waals surface area contributed by atoms with Crippen molar-refractivity contribution in [3.8, 4) is 22.8 Å². The van der Waals surface area contributed by atoms with E-state index in [1.54, 1.807) is 14.2 Å². The Kier molecular flexibility index (Phi) is 3.82. The molecule has 2 rings (SSSR count). The highest BCUT2D eigenvalue weighted by Gasteiger charge is 2.07. The molecule has 0 bridgehead atoms. The summed E-state index contributed by atoms with van der Waals surface area (Å²) in [6.45, 7) is 2.13. The van der Waals surface area contributed by atoms with Gasteiger partial charge in [-0.2, -0.15) is 0 Å². The molecule has 1 aromatic carbocycles. The molecular weight excluding hydrogens is 226 g/mol. The molecule has 1 heterocycles. The first kappa shape index (κ1) is 12.4. The Morgan fingerprint density at radius 1 is 1.00 bits per heavy atom. The summed E-state index contributed by atoms with van der Waals surface area (Å²) in [6, 6.07) is 9.96. The number of pyridine rings is 1. The summed E-state index contributed by atoms with van der Waals surface area (Å²) in [4.78, 5) is 4.39. The van der Waals surface area contributed by atoms with Gasteiger partial charge < -0.3 is 9.47 Å². The van der Waals surface area contributed by atoms with E-state index >= 15 is 0 Å². The molecule has 0 fully saturated rings. The van der Waals surface area contributed by atoms with Crippen LogP contribution in [0.1, 0.15) is 12.5 Å². The Morgan fingerprint density at radius 2 is 1.78 bits per heavy atom. The average molecular weight is 243 g/mol. The minimum atomic E-state index is 0.721. The summed E-state index contributed by atoms with van der Waals surface area (Å²) in [5.41, 5.74) is 3.26. The molecule has 0 aliphatic carbocycles. The molecule has 0 saturated carbocycles. The second-order valence-electron chi connectivity index (χ2n) is 3.97. The minimum absolute atomic E-state index is 0.721. The molecule has 0 spiro atoms.